The third-order valence-corrected chi connectivity index (χ3v) is 7.66. The van der Waals surface area contributed by atoms with Crippen molar-refractivity contribution in [2.75, 3.05) is 25.0 Å². The minimum atomic E-state index is -1.08. The highest BCUT2D eigenvalue weighted by molar-refractivity contribution is 5.90. The first-order valence-corrected chi connectivity index (χ1v) is 15.0. The van der Waals surface area contributed by atoms with Gasteiger partial charge in [-0.1, -0.05) is 54.6 Å². The van der Waals surface area contributed by atoms with Crippen LogP contribution in [0.2, 0.25) is 0 Å². The summed E-state index contributed by atoms with van der Waals surface area (Å²) in [6.07, 6.45) is 1.58. The van der Waals surface area contributed by atoms with Gasteiger partial charge in [-0.15, -0.1) is 0 Å². The average molecular weight is 608 g/mol. The molecule has 1 heterocycles. The molecule has 0 radical (unpaired) electrons. The smallest absolute Gasteiger partial charge is 0.409 e. The van der Waals surface area contributed by atoms with Crippen molar-refractivity contribution in [1.82, 2.24) is 10.3 Å². The van der Waals surface area contributed by atoms with E-state index in [0.29, 0.717) is 41.9 Å². The standard InChI is InChI=1S/C36H37N3O6/c40-32-17-14-28(29-15-18-34(42)39-35(29)32)33(41)23-37-20-19-24-9-12-27(13-10-24)45-21-5-4-6-25-11-16-31(38-36(43)44)30(22-25)26-7-2-1-3-8-26/h1-3,7-18,22,33,37-38,40-41H,4-6,19-21,23H2,(H,39,42)(H,43,44). The molecule has 232 valence electrons. The number of carbonyl (C=O) groups is 1. The first kappa shape index (κ1) is 31.3. The summed E-state index contributed by atoms with van der Waals surface area (Å²) in [4.78, 5) is 25.5. The predicted octanol–water partition coefficient (Wildman–Crippen LogP) is 6.26. The Kier molecular flexibility index (Phi) is 10.5. The average Bonchev–Trinajstić information content (AvgIpc) is 3.04. The molecule has 5 rings (SSSR count). The zero-order valence-corrected chi connectivity index (χ0v) is 24.8. The van der Waals surface area contributed by atoms with Gasteiger partial charge in [0.2, 0.25) is 5.56 Å². The van der Waals surface area contributed by atoms with E-state index in [1.54, 1.807) is 12.1 Å². The number of carboxylic acid groups (broad SMARTS) is 1. The van der Waals surface area contributed by atoms with Gasteiger partial charge in [-0.3, -0.25) is 10.1 Å². The van der Waals surface area contributed by atoms with Crippen LogP contribution in [-0.2, 0) is 12.8 Å². The second-order valence-electron chi connectivity index (χ2n) is 10.9. The molecule has 4 aromatic carbocycles. The number of aliphatic hydroxyl groups excluding tert-OH is 1. The lowest BCUT2D eigenvalue weighted by molar-refractivity contribution is 0.176. The third kappa shape index (κ3) is 8.50. The lowest BCUT2D eigenvalue weighted by Gasteiger charge is -2.15. The van der Waals surface area contributed by atoms with Crippen LogP contribution in [0.15, 0.2) is 102 Å². The van der Waals surface area contributed by atoms with Crippen LogP contribution in [0.25, 0.3) is 22.0 Å². The number of phenols is 1. The van der Waals surface area contributed by atoms with Crippen molar-refractivity contribution in [3.63, 3.8) is 0 Å². The SMILES string of the molecule is O=C(O)Nc1ccc(CCCCOc2ccc(CCNCC(O)c3ccc(O)c4[nH]c(=O)ccc34)cc2)cc1-c1ccccc1. The maximum absolute atomic E-state index is 11.6. The number of ether oxygens (including phenoxy) is 1. The van der Waals surface area contributed by atoms with E-state index in [-0.39, 0.29) is 11.3 Å². The molecule has 0 aliphatic carbocycles. The number of H-pyrrole nitrogens is 1. The predicted molar refractivity (Wildman–Crippen MR) is 176 cm³/mol. The van der Waals surface area contributed by atoms with Crippen LogP contribution in [0.5, 0.6) is 11.5 Å². The molecule has 0 aliphatic heterocycles. The lowest BCUT2D eigenvalue weighted by Crippen LogP contribution is -2.24. The number of aromatic hydroxyl groups is 1. The molecule has 1 amide bonds. The Morgan fingerprint density at radius 1 is 0.867 bits per heavy atom. The molecule has 1 aromatic heterocycles. The number of amides is 1. The molecule has 0 saturated carbocycles. The van der Waals surface area contributed by atoms with Gasteiger partial charge in [-0.05, 0) is 90.9 Å². The molecule has 0 aliphatic rings. The second-order valence-corrected chi connectivity index (χ2v) is 10.9. The number of aromatic amines is 1. The first-order valence-electron chi connectivity index (χ1n) is 15.0. The van der Waals surface area contributed by atoms with E-state index in [9.17, 15) is 24.9 Å². The zero-order valence-electron chi connectivity index (χ0n) is 24.8. The third-order valence-electron chi connectivity index (χ3n) is 7.66. The number of aromatic nitrogens is 1. The molecular formula is C36H37N3O6. The van der Waals surface area contributed by atoms with Crippen LogP contribution < -0.4 is 20.9 Å². The molecule has 0 bridgehead atoms. The zero-order chi connectivity index (χ0) is 31.6. The summed E-state index contributed by atoms with van der Waals surface area (Å²) in [5, 5.41) is 36.4. The number of aliphatic hydroxyl groups is 1. The van der Waals surface area contributed by atoms with Crippen molar-refractivity contribution in [3.8, 4) is 22.6 Å². The topological polar surface area (TPSA) is 144 Å². The van der Waals surface area contributed by atoms with E-state index in [4.69, 9.17) is 4.74 Å². The summed E-state index contributed by atoms with van der Waals surface area (Å²) in [6, 6.07) is 29.7. The van der Waals surface area contributed by atoms with Crippen LogP contribution in [0.4, 0.5) is 10.5 Å². The van der Waals surface area contributed by atoms with Crippen LogP contribution in [-0.4, -0.2) is 46.1 Å². The molecule has 0 spiro atoms. The summed E-state index contributed by atoms with van der Waals surface area (Å²) in [6.45, 7) is 1.60. The number of hydrogen-bond acceptors (Lipinski definition) is 6. The maximum atomic E-state index is 11.6. The number of anilines is 1. The minimum absolute atomic E-state index is 0.0313. The highest BCUT2D eigenvalue weighted by Crippen LogP contribution is 2.30. The van der Waals surface area contributed by atoms with E-state index in [1.807, 2.05) is 72.8 Å². The van der Waals surface area contributed by atoms with Crippen LogP contribution >= 0.6 is 0 Å². The molecule has 45 heavy (non-hydrogen) atoms. The quantitative estimate of drug-likeness (QED) is 0.0818. The molecule has 6 N–H and O–H groups in total. The maximum Gasteiger partial charge on any atom is 0.409 e. The number of phenolic OH excluding ortho intramolecular Hbond substituents is 1. The second kappa shape index (κ2) is 15.1. The molecule has 1 atom stereocenters. The lowest BCUT2D eigenvalue weighted by atomic mass is 9.98. The molecule has 9 heteroatoms. The van der Waals surface area contributed by atoms with Crippen molar-refractivity contribution in [3.05, 3.63) is 124 Å². The van der Waals surface area contributed by atoms with Gasteiger partial charge in [0.25, 0.3) is 0 Å². The van der Waals surface area contributed by atoms with E-state index >= 15 is 0 Å². The Balaban J connectivity index is 1.03. The number of aryl methyl sites for hydroxylation is 1. The van der Waals surface area contributed by atoms with E-state index in [2.05, 4.69) is 15.6 Å². The van der Waals surface area contributed by atoms with Crippen molar-refractivity contribution in [2.24, 2.45) is 0 Å². The fourth-order valence-corrected chi connectivity index (χ4v) is 5.33. The van der Waals surface area contributed by atoms with Crippen molar-refractivity contribution in [1.29, 1.82) is 0 Å². The van der Waals surface area contributed by atoms with Crippen molar-refractivity contribution < 1.29 is 24.9 Å². The number of fused-ring (bicyclic) bond motifs is 1. The summed E-state index contributed by atoms with van der Waals surface area (Å²) in [7, 11) is 0. The van der Waals surface area contributed by atoms with Gasteiger partial charge in [0.15, 0.2) is 0 Å². The van der Waals surface area contributed by atoms with Crippen LogP contribution in [0, 0.1) is 0 Å². The highest BCUT2D eigenvalue weighted by atomic mass is 16.5. The van der Waals surface area contributed by atoms with Crippen LogP contribution in [0.1, 0.15) is 35.6 Å². The Bertz CT molecular complexity index is 1790. The van der Waals surface area contributed by atoms with Gasteiger partial charge >= 0.3 is 6.09 Å². The molecule has 9 nitrogen and oxygen atoms in total. The van der Waals surface area contributed by atoms with E-state index in [1.165, 1.54) is 12.1 Å². The normalized spacial score (nSPS) is 11.8. The number of benzene rings is 4. The Labute approximate surface area is 261 Å². The van der Waals surface area contributed by atoms with E-state index < -0.39 is 12.2 Å². The van der Waals surface area contributed by atoms with Crippen molar-refractivity contribution in [2.45, 2.75) is 31.8 Å². The number of rotatable bonds is 14. The molecule has 5 aromatic rings. The summed E-state index contributed by atoms with van der Waals surface area (Å²) >= 11 is 0. The summed E-state index contributed by atoms with van der Waals surface area (Å²) in [5.74, 6) is 0.783. The van der Waals surface area contributed by atoms with Gasteiger partial charge in [0.05, 0.1) is 23.9 Å². The fourth-order valence-electron chi connectivity index (χ4n) is 5.33. The van der Waals surface area contributed by atoms with E-state index in [0.717, 1.165) is 53.7 Å². The summed E-state index contributed by atoms with van der Waals surface area (Å²) < 4.78 is 5.95. The monoisotopic (exact) mass is 607 g/mol. The minimum Gasteiger partial charge on any atom is -0.506 e. The van der Waals surface area contributed by atoms with Gasteiger partial charge in [-0.25, -0.2) is 4.79 Å². The molecule has 0 fully saturated rings. The van der Waals surface area contributed by atoms with Gasteiger partial charge in [-0.2, -0.15) is 0 Å². The number of nitrogens with one attached hydrogen (secondary N) is 3. The molecule has 1 unspecified atom stereocenters. The number of unbranched alkanes of at least 4 members (excludes halogenated alkanes) is 1. The van der Waals surface area contributed by atoms with Gasteiger partial charge in [0, 0.05) is 23.6 Å². The first-order chi connectivity index (χ1) is 21.9. The summed E-state index contributed by atoms with van der Waals surface area (Å²) in [5.41, 5.74) is 5.33. The molecule has 0 saturated heterocycles. The Morgan fingerprint density at radius 2 is 1.64 bits per heavy atom. The van der Waals surface area contributed by atoms with Gasteiger partial charge < -0.3 is 30.4 Å². The van der Waals surface area contributed by atoms with Crippen molar-refractivity contribution >= 4 is 22.7 Å². The van der Waals surface area contributed by atoms with Gasteiger partial charge in [0.1, 0.15) is 11.5 Å². The number of hydrogen-bond donors (Lipinski definition) is 6. The van der Waals surface area contributed by atoms with Crippen LogP contribution in [0.3, 0.4) is 0 Å². The largest absolute Gasteiger partial charge is 0.506 e. The Hall–Kier alpha value is -5.12. The Morgan fingerprint density at radius 3 is 2.42 bits per heavy atom. The number of pyridine rings is 1. The highest BCUT2D eigenvalue weighted by Gasteiger charge is 2.14. The fraction of sp³-hybridized carbons (Fsp3) is 0.222. The molecular weight excluding hydrogens is 570 g/mol.